The number of ether oxygens (including phenoxy) is 1. The molecule has 5 heteroatoms. The Hall–Kier alpha value is -2.61. The van der Waals surface area contributed by atoms with E-state index in [0.29, 0.717) is 18.9 Å². The van der Waals surface area contributed by atoms with Gasteiger partial charge in [0.15, 0.2) is 11.6 Å². The number of para-hydroxylation sites is 1. The fourth-order valence-electron chi connectivity index (χ4n) is 1.64. The Morgan fingerprint density at radius 3 is 2.50 bits per heavy atom. The van der Waals surface area contributed by atoms with Crippen molar-refractivity contribution in [1.82, 2.24) is 0 Å². The van der Waals surface area contributed by atoms with Gasteiger partial charge in [-0.3, -0.25) is 0 Å². The highest BCUT2D eigenvalue weighted by Crippen LogP contribution is 2.19. The lowest BCUT2D eigenvalue weighted by molar-refractivity contribution is 0.332. The first-order valence-corrected chi connectivity index (χ1v) is 6.02. The van der Waals surface area contributed by atoms with Crippen LogP contribution in [0.5, 0.6) is 5.75 Å². The third-order valence-electron chi connectivity index (χ3n) is 2.63. The lowest BCUT2D eigenvalue weighted by atomic mass is 10.2. The quantitative estimate of drug-likeness (QED) is 0.851. The van der Waals surface area contributed by atoms with E-state index in [-0.39, 0.29) is 11.3 Å². The van der Waals surface area contributed by atoms with E-state index in [1.54, 1.807) is 6.07 Å². The van der Waals surface area contributed by atoms with Crippen LogP contribution in [-0.4, -0.2) is 13.2 Å². The summed E-state index contributed by atoms with van der Waals surface area (Å²) in [6.07, 6.45) is 0. The van der Waals surface area contributed by atoms with Gasteiger partial charge in [-0.05, 0) is 24.3 Å². The largest absolute Gasteiger partial charge is 0.492 e. The van der Waals surface area contributed by atoms with Crippen molar-refractivity contribution in [2.45, 2.75) is 0 Å². The van der Waals surface area contributed by atoms with Gasteiger partial charge in [-0.25, -0.2) is 8.78 Å². The van der Waals surface area contributed by atoms with Crippen molar-refractivity contribution >= 4 is 5.69 Å². The first kappa shape index (κ1) is 13.8. The molecule has 0 saturated carbocycles. The Morgan fingerprint density at radius 1 is 1.05 bits per heavy atom. The molecule has 0 bridgehead atoms. The van der Waals surface area contributed by atoms with Crippen molar-refractivity contribution in [3.05, 3.63) is 59.7 Å². The van der Waals surface area contributed by atoms with Crippen LogP contribution in [0, 0.1) is 23.0 Å². The molecule has 0 fully saturated rings. The first-order valence-electron chi connectivity index (χ1n) is 6.02. The maximum absolute atomic E-state index is 13.6. The van der Waals surface area contributed by atoms with Crippen molar-refractivity contribution in [2.24, 2.45) is 0 Å². The van der Waals surface area contributed by atoms with Gasteiger partial charge in [0.2, 0.25) is 0 Å². The maximum Gasteiger partial charge on any atom is 0.183 e. The number of halogens is 2. The minimum atomic E-state index is -1.14. The molecular weight excluding hydrogens is 262 g/mol. The Bertz CT molecular complexity index is 624. The molecule has 0 aliphatic rings. The standard InChI is InChI=1S/C15H12F2N2O/c16-14-11(10-18)6-7-13(15(14)17)19-8-9-20-12-4-2-1-3-5-12/h1-7,19H,8-9H2. The van der Waals surface area contributed by atoms with E-state index in [9.17, 15) is 8.78 Å². The summed E-state index contributed by atoms with van der Waals surface area (Å²) >= 11 is 0. The maximum atomic E-state index is 13.6. The van der Waals surface area contributed by atoms with Crippen molar-refractivity contribution in [3.8, 4) is 11.8 Å². The van der Waals surface area contributed by atoms with Crippen LogP contribution in [0.1, 0.15) is 5.56 Å². The number of benzene rings is 2. The summed E-state index contributed by atoms with van der Waals surface area (Å²) in [5, 5.41) is 11.3. The van der Waals surface area contributed by atoms with E-state index in [1.165, 1.54) is 12.1 Å². The Balaban J connectivity index is 1.89. The van der Waals surface area contributed by atoms with Crippen molar-refractivity contribution < 1.29 is 13.5 Å². The van der Waals surface area contributed by atoms with Gasteiger partial charge in [0, 0.05) is 6.54 Å². The predicted octanol–water partition coefficient (Wildman–Crippen LogP) is 3.33. The van der Waals surface area contributed by atoms with Gasteiger partial charge in [-0.1, -0.05) is 18.2 Å². The van der Waals surface area contributed by atoms with Crippen LogP contribution >= 0.6 is 0 Å². The topological polar surface area (TPSA) is 45.0 Å². The second kappa shape index (κ2) is 6.53. The number of nitrogens with one attached hydrogen (secondary N) is 1. The highest BCUT2D eigenvalue weighted by Gasteiger charge is 2.12. The third-order valence-corrected chi connectivity index (χ3v) is 2.63. The summed E-state index contributed by atoms with van der Waals surface area (Å²) < 4.78 is 32.3. The molecule has 0 unspecified atom stereocenters. The molecule has 2 aromatic rings. The fourth-order valence-corrected chi connectivity index (χ4v) is 1.64. The molecule has 1 N–H and O–H groups in total. The summed E-state index contributed by atoms with van der Waals surface area (Å²) in [7, 11) is 0. The molecule has 0 aliphatic carbocycles. The minimum Gasteiger partial charge on any atom is -0.492 e. The Morgan fingerprint density at radius 2 is 1.80 bits per heavy atom. The summed E-state index contributed by atoms with van der Waals surface area (Å²) in [5.74, 6) is -1.48. The lowest BCUT2D eigenvalue weighted by Gasteiger charge is -2.10. The number of rotatable bonds is 5. The van der Waals surface area contributed by atoms with Crippen molar-refractivity contribution in [3.63, 3.8) is 0 Å². The molecule has 0 radical (unpaired) electrons. The van der Waals surface area contributed by atoms with Gasteiger partial charge in [0.1, 0.15) is 18.4 Å². The van der Waals surface area contributed by atoms with Crippen LogP contribution in [0.4, 0.5) is 14.5 Å². The van der Waals surface area contributed by atoms with Crippen LogP contribution < -0.4 is 10.1 Å². The molecule has 0 saturated heterocycles. The van der Waals surface area contributed by atoms with E-state index >= 15 is 0 Å². The molecule has 0 atom stereocenters. The van der Waals surface area contributed by atoms with Crippen LogP contribution in [0.2, 0.25) is 0 Å². The van der Waals surface area contributed by atoms with Crippen molar-refractivity contribution in [1.29, 1.82) is 5.26 Å². The van der Waals surface area contributed by atoms with E-state index in [4.69, 9.17) is 10.00 Å². The molecule has 0 heterocycles. The monoisotopic (exact) mass is 274 g/mol. The molecule has 20 heavy (non-hydrogen) atoms. The van der Waals surface area contributed by atoms with Gasteiger partial charge in [-0.2, -0.15) is 5.26 Å². The molecule has 0 spiro atoms. The first-order chi connectivity index (χ1) is 9.72. The van der Waals surface area contributed by atoms with Gasteiger partial charge in [0.25, 0.3) is 0 Å². The van der Waals surface area contributed by atoms with E-state index in [0.717, 1.165) is 0 Å². The predicted molar refractivity (Wildman–Crippen MR) is 71.5 cm³/mol. The molecule has 0 aromatic heterocycles. The van der Waals surface area contributed by atoms with Crippen LogP contribution in [-0.2, 0) is 0 Å². The number of hydrogen-bond donors (Lipinski definition) is 1. The second-order valence-corrected chi connectivity index (χ2v) is 3.99. The summed E-state index contributed by atoms with van der Waals surface area (Å²) in [4.78, 5) is 0. The third kappa shape index (κ3) is 3.23. The highest BCUT2D eigenvalue weighted by molar-refractivity contribution is 5.49. The molecule has 3 nitrogen and oxygen atoms in total. The molecule has 2 aromatic carbocycles. The average Bonchev–Trinajstić information content (AvgIpc) is 2.49. The normalized spacial score (nSPS) is 9.85. The van der Waals surface area contributed by atoms with Crippen LogP contribution in [0.25, 0.3) is 0 Å². The summed E-state index contributed by atoms with van der Waals surface area (Å²) in [6.45, 7) is 0.627. The second-order valence-electron chi connectivity index (χ2n) is 3.99. The van der Waals surface area contributed by atoms with Gasteiger partial charge in [-0.15, -0.1) is 0 Å². The van der Waals surface area contributed by atoms with Gasteiger partial charge < -0.3 is 10.1 Å². The number of hydrogen-bond acceptors (Lipinski definition) is 3. The summed E-state index contributed by atoms with van der Waals surface area (Å²) in [5.41, 5.74) is -0.299. The van der Waals surface area contributed by atoms with E-state index in [2.05, 4.69) is 5.32 Å². The SMILES string of the molecule is N#Cc1ccc(NCCOc2ccccc2)c(F)c1F. The zero-order valence-corrected chi connectivity index (χ0v) is 10.6. The molecular formula is C15H12F2N2O. The van der Waals surface area contributed by atoms with Gasteiger partial charge in [0.05, 0.1) is 11.3 Å². The average molecular weight is 274 g/mol. The molecule has 0 aliphatic heterocycles. The minimum absolute atomic E-state index is 0.0122. The van der Waals surface area contributed by atoms with Crippen LogP contribution in [0.15, 0.2) is 42.5 Å². The smallest absolute Gasteiger partial charge is 0.183 e. The highest BCUT2D eigenvalue weighted by atomic mass is 19.2. The van der Waals surface area contributed by atoms with E-state index < -0.39 is 11.6 Å². The molecule has 2 rings (SSSR count). The zero-order chi connectivity index (χ0) is 14.4. The molecule has 0 amide bonds. The fraction of sp³-hybridized carbons (Fsp3) is 0.133. The van der Waals surface area contributed by atoms with E-state index in [1.807, 2.05) is 30.3 Å². The number of nitrogens with zero attached hydrogens (tertiary/aromatic N) is 1. The van der Waals surface area contributed by atoms with Crippen LogP contribution in [0.3, 0.4) is 0 Å². The Labute approximate surface area is 115 Å². The lowest BCUT2D eigenvalue weighted by Crippen LogP contribution is -2.13. The van der Waals surface area contributed by atoms with Gasteiger partial charge >= 0.3 is 0 Å². The Kier molecular flexibility index (Phi) is 4.51. The number of nitriles is 1. The molecule has 102 valence electrons. The number of anilines is 1. The van der Waals surface area contributed by atoms with Crippen molar-refractivity contribution in [2.75, 3.05) is 18.5 Å². The summed E-state index contributed by atoms with van der Waals surface area (Å²) in [6, 6.07) is 13.3. The zero-order valence-electron chi connectivity index (χ0n) is 10.6.